The van der Waals surface area contributed by atoms with E-state index >= 15 is 0 Å². The molecule has 7 nitrogen and oxygen atoms in total. The second-order valence-corrected chi connectivity index (χ2v) is 6.38. The lowest BCUT2D eigenvalue weighted by Crippen LogP contribution is -2.42. The number of aliphatic imine (C=N–C) groups is 1. The summed E-state index contributed by atoms with van der Waals surface area (Å²) in [5.41, 5.74) is 4.40. The SMILES string of the molecule is CCNC(=NCc1ccc(C(N)=O)o1)NCC(CC)Oc1cccc(C(F)(F)F)c1. The van der Waals surface area contributed by atoms with E-state index < -0.39 is 17.6 Å². The van der Waals surface area contributed by atoms with Crippen molar-refractivity contribution in [2.75, 3.05) is 13.1 Å². The molecule has 4 N–H and O–H groups in total. The van der Waals surface area contributed by atoms with Gasteiger partial charge in [0.2, 0.25) is 0 Å². The molecule has 0 saturated carbocycles. The monoisotopic (exact) mass is 426 g/mol. The number of amides is 1. The molecule has 0 bridgehead atoms. The number of nitrogens with zero attached hydrogens (tertiary/aromatic N) is 1. The third kappa shape index (κ3) is 7.02. The van der Waals surface area contributed by atoms with Crippen LogP contribution in [0.15, 0.2) is 45.8 Å². The lowest BCUT2D eigenvalue weighted by Gasteiger charge is -2.20. The number of halogens is 3. The Labute approximate surface area is 172 Å². The smallest absolute Gasteiger partial charge is 0.416 e. The molecule has 0 fully saturated rings. The first kappa shape index (κ1) is 23.1. The fraction of sp³-hybridized carbons (Fsp3) is 0.400. The minimum absolute atomic E-state index is 0.0543. The number of primary amides is 1. The van der Waals surface area contributed by atoms with E-state index in [4.69, 9.17) is 14.9 Å². The molecule has 1 aromatic carbocycles. The van der Waals surface area contributed by atoms with Gasteiger partial charge in [-0.15, -0.1) is 0 Å². The Morgan fingerprint density at radius 3 is 2.60 bits per heavy atom. The minimum atomic E-state index is -4.43. The first-order valence-corrected chi connectivity index (χ1v) is 9.47. The average molecular weight is 426 g/mol. The molecule has 2 aromatic rings. The van der Waals surface area contributed by atoms with Gasteiger partial charge in [0, 0.05) is 6.54 Å². The number of nitrogens with one attached hydrogen (secondary N) is 2. The van der Waals surface area contributed by atoms with Crippen molar-refractivity contribution in [3.63, 3.8) is 0 Å². The Morgan fingerprint density at radius 2 is 2.00 bits per heavy atom. The van der Waals surface area contributed by atoms with Gasteiger partial charge in [0.15, 0.2) is 11.7 Å². The first-order valence-electron chi connectivity index (χ1n) is 9.47. The van der Waals surface area contributed by atoms with Crippen LogP contribution in [0.5, 0.6) is 5.75 Å². The molecule has 1 aromatic heterocycles. The molecule has 1 unspecified atom stereocenters. The van der Waals surface area contributed by atoms with Crippen LogP contribution in [0.2, 0.25) is 0 Å². The normalized spacial score (nSPS) is 13.0. The second kappa shape index (κ2) is 10.6. The number of hydrogen-bond donors (Lipinski definition) is 3. The molecule has 0 aliphatic rings. The highest BCUT2D eigenvalue weighted by Crippen LogP contribution is 2.31. The van der Waals surface area contributed by atoms with E-state index in [1.165, 1.54) is 18.2 Å². The number of rotatable bonds is 9. The average Bonchev–Trinajstić information content (AvgIpc) is 3.18. The van der Waals surface area contributed by atoms with Crippen LogP contribution in [-0.4, -0.2) is 31.1 Å². The van der Waals surface area contributed by atoms with Gasteiger partial charge in [0.05, 0.1) is 12.1 Å². The maximum atomic E-state index is 12.9. The maximum absolute atomic E-state index is 12.9. The number of carbonyl (C=O) groups excluding carboxylic acids is 1. The highest BCUT2D eigenvalue weighted by atomic mass is 19.4. The van der Waals surface area contributed by atoms with Crippen LogP contribution in [-0.2, 0) is 12.7 Å². The van der Waals surface area contributed by atoms with E-state index in [1.807, 2.05) is 13.8 Å². The molecule has 1 heterocycles. The summed E-state index contributed by atoms with van der Waals surface area (Å²) in [6.45, 7) is 4.86. The van der Waals surface area contributed by atoms with Crippen LogP contribution < -0.4 is 21.1 Å². The van der Waals surface area contributed by atoms with E-state index in [-0.39, 0.29) is 24.2 Å². The largest absolute Gasteiger partial charge is 0.489 e. The zero-order valence-corrected chi connectivity index (χ0v) is 16.8. The van der Waals surface area contributed by atoms with E-state index in [9.17, 15) is 18.0 Å². The first-order chi connectivity index (χ1) is 14.2. The van der Waals surface area contributed by atoms with Gasteiger partial charge in [-0.2, -0.15) is 13.2 Å². The maximum Gasteiger partial charge on any atom is 0.416 e. The fourth-order valence-corrected chi connectivity index (χ4v) is 2.51. The van der Waals surface area contributed by atoms with Crippen molar-refractivity contribution in [2.24, 2.45) is 10.7 Å². The Balaban J connectivity index is 1.98. The molecule has 164 valence electrons. The molecule has 0 saturated heterocycles. The number of furan rings is 1. The Morgan fingerprint density at radius 1 is 1.23 bits per heavy atom. The number of hydrogen-bond acceptors (Lipinski definition) is 4. The summed E-state index contributed by atoms with van der Waals surface area (Å²) in [5, 5.41) is 6.15. The van der Waals surface area contributed by atoms with Crippen molar-refractivity contribution < 1.29 is 27.1 Å². The minimum Gasteiger partial charge on any atom is -0.489 e. The zero-order valence-electron chi connectivity index (χ0n) is 16.8. The highest BCUT2D eigenvalue weighted by Gasteiger charge is 2.30. The van der Waals surface area contributed by atoms with Gasteiger partial charge in [0.25, 0.3) is 5.91 Å². The van der Waals surface area contributed by atoms with E-state index in [0.29, 0.717) is 31.2 Å². The molecule has 10 heteroatoms. The summed E-state index contributed by atoms with van der Waals surface area (Å²) in [6, 6.07) is 7.87. The quantitative estimate of drug-likeness (QED) is 0.422. The summed E-state index contributed by atoms with van der Waals surface area (Å²) in [5.74, 6) is 0.482. The summed E-state index contributed by atoms with van der Waals surface area (Å²) >= 11 is 0. The van der Waals surface area contributed by atoms with E-state index in [2.05, 4.69) is 15.6 Å². The second-order valence-electron chi connectivity index (χ2n) is 6.38. The molecule has 0 aliphatic heterocycles. The number of nitrogens with two attached hydrogens (primary N) is 1. The highest BCUT2D eigenvalue weighted by molar-refractivity contribution is 5.89. The van der Waals surface area contributed by atoms with E-state index in [0.717, 1.165) is 12.1 Å². The van der Waals surface area contributed by atoms with Crippen LogP contribution in [0.4, 0.5) is 13.2 Å². The van der Waals surface area contributed by atoms with Gasteiger partial charge >= 0.3 is 6.18 Å². The van der Waals surface area contributed by atoms with Crippen LogP contribution in [0.1, 0.15) is 42.1 Å². The lowest BCUT2D eigenvalue weighted by molar-refractivity contribution is -0.137. The molecule has 30 heavy (non-hydrogen) atoms. The van der Waals surface area contributed by atoms with Crippen LogP contribution in [0, 0.1) is 0 Å². The van der Waals surface area contributed by atoms with Crippen molar-refractivity contribution in [2.45, 2.75) is 39.1 Å². The van der Waals surface area contributed by atoms with Crippen molar-refractivity contribution in [1.29, 1.82) is 0 Å². The van der Waals surface area contributed by atoms with Crippen LogP contribution in [0.3, 0.4) is 0 Å². The summed E-state index contributed by atoms with van der Waals surface area (Å²) < 4.78 is 49.6. The molecule has 0 aliphatic carbocycles. The molecular formula is C20H25F3N4O3. The Bertz CT molecular complexity index is 865. The van der Waals surface area contributed by atoms with Gasteiger partial charge in [0.1, 0.15) is 24.2 Å². The van der Waals surface area contributed by atoms with Gasteiger partial charge in [-0.05, 0) is 43.7 Å². The topological polar surface area (TPSA) is 102 Å². The van der Waals surface area contributed by atoms with Gasteiger partial charge in [-0.3, -0.25) is 4.79 Å². The summed E-state index contributed by atoms with van der Waals surface area (Å²) in [7, 11) is 0. The summed E-state index contributed by atoms with van der Waals surface area (Å²) in [4.78, 5) is 15.4. The standard InChI is InChI=1S/C20H25F3N4O3/c1-3-14(29-15-7-5-6-13(10-15)20(21,22)23)11-26-19(25-4-2)27-12-16-8-9-17(30-16)18(24)28/h5-10,14H,3-4,11-12H2,1-2H3,(H2,24,28)(H2,25,26,27). The van der Waals surface area contributed by atoms with Gasteiger partial charge in [-0.25, -0.2) is 4.99 Å². The van der Waals surface area contributed by atoms with Crippen molar-refractivity contribution in [1.82, 2.24) is 10.6 Å². The number of carbonyl (C=O) groups is 1. The molecule has 0 spiro atoms. The fourth-order valence-electron chi connectivity index (χ4n) is 2.51. The zero-order chi connectivity index (χ0) is 22.1. The Kier molecular flexibility index (Phi) is 8.14. The number of benzene rings is 1. The molecule has 2 rings (SSSR count). The van der Waals surface area contributed by atoms with Crippen molar-refractivity contribution in [3.8, 4) is 5.75 Å². The third-order valence-corrected chi connectivity index (χ3v) is 4.06. The van der Waals surface area contributed by atoms with Gasteiger partial charge in [-0.1, -0.05) is 13.0 Å². The third-order valence-electron chi connectivity index (χ3n) is 4.06. The summed E-state index contributed by atoms with van der Waals surface area (Å²) in [6.07, 6.45) is -4.23. The van der Waals surface area contributed by atoms with Crippen molar-refractivity contribution >= 4 is 11.9 Å². The van der Waals surface area contributed by atoms with Crippen LogP contribution >= 0.6 is 0 Å². The number of guanidine groups is 1. The molecular weight excluding hydrogens is 401 g/mol. The van der Waals surface area contributed by atoms with Crippen LogP contribution in [0.25, 0.3) is 0 Å². The van der Waals surface area contributed by atoms with E-state index in [1.54, 1.807) is 6.07 Å². The number of ether oxygens (including phenoxy) is 1. The molecule has 1 amide bonds. The molecule has 0 radical (unpaired) electrons. The Hall–Kier alpha value is -3.17. The molecule has 1 atom stereocenters. The lowest BCUT2D eigenvalue weighted by atomic mass is 10.2. The predicted molar refractivity (Wildman–Crippen MR) is 106 cm³/mol. The van der Waals surface area contributed by atoms with Crippen molar-refractivity contribution in [3.05, 3.63) is 53.5 Å². The predicted octanol–water partition coefficient (Wildman–Crippen LogP) is 3.31. The van der Waals surface area contributed by atoms with Gasteiger partial charge < -0.3 is 25.5 Å². The number of alkyl halides is 3.